The molecular weight excluding hydrogens is 387 g/mol. The van der Waals surface area contributed by atoms with E-state index in [1.165, 1.54) is 11.3 Å². The highest BCUT2D eigenvalue weighted by molar-refractivity contribution is 14.1. The third kappa shape index (κ3) is 4.47. The van der Waals surface area contributed by atoms with Gasteiger partial charge in [-0.2, -0.15) is 0 Å². The first kappa shape index (κ1) is 16.8. The molecule has 0 bridgehead atoms. The minimum absolute atomic E-state index is 0.0117. The second-order valence-electron chi connectivity index (χ2n) is 5.26. The summed E-state index contributed by atoms with van der Waals surface area (Å²) in [6.07, 6.45) is 7.41. The van der Waals surface area contributed by atoms with Gasteiger partial charge in [0, 0.05) is 24.5 Å². The van der Waals surface area contributed by atoms with E-state index in [1.54, 1.807) is 18.2 Å². The second-order valence-corrected chi connectivity index (χ2v) is 6.76. The van der Waals surface area contributed by atoms with Gasteiger partial charge in [0.1, 0.15) is 3.92 Å². The molecule has 0 radical (unpaired) electrons. The van der Waals surface area contributed by atoms with Crippen molar-refractivity contribution in [3.63, 3.8) is 0 Å². The predicted molar refractivity (Wildman–Crippen MR) is 101 cm³/mol. The number of para-hydroxylation sites is 1. The number of nitrogens with one attached hydrogen (secondary N) is 1. The summed E-state index contributed by atoms with van der Waals surface area (Å²) in [7, 11) is 0. The van der Waals surface area contributed by atoms with Gasteiger partial charge in [0.2, 0.25) is 5.91 Å². The summed E-state index contributed by atoms with van der Waals surface area (Å²) in [5, 5.41) is 2.83. The van der Waals surface area contributed by atoms with Crippen LogP contribution in [0.5, 0.6) is 0 Å². The number of aryl methyl sites for hydroxylation is 1. The van der Waals surface area contributed by atoms with E-state index in [1.807, 2.05) is 0 Å². The summed E-state index contributed by atoms with van der Waals surface area (Å²) in [5.74, 6) is -0.0117. The molecule has 1 aromatic carbocycles. The van der Waals surface area contributed by atoms with Gasteiger partial charge in [-0.1, -0.05) is 66.1 Å². The fourth-order valence-corrected chi connectivity index (χ4v) is 3.17. The van der Waals surface area contributed by atoms with Gasteiger partial charge in [0.15, 0.2) is 0 Å². The lowest BCUT2D eigenvalue weighted by atomic mass is 10.0. The van der Waals surface area contributed by atoms with E-state index < -0.39 is 0 Å². The van der Waals surface area contributed by atoms with E-state index in [0.29, 0.717) is 12.2 Å². The van der Waals surface area contributed by atoms with E-state index in [2.05, 4.69) is 70.2 Å². The summed E-state index contributed by atoms with van der Waals surface area (Å²) < 4.78 is -0.127. The molecule has 3 nitrogen and oxygen atoms in total. The van der Waals surface area contributed by atoms with Crippen LogP contribution in [0.15, 0.2) is 61.3 Å². The largest absolute Gasteiger partial charge is 0.370 e. The number of allylic oxidation sites excluding steroid dienone is 3. The lowest BCUT2D eigenvalue weighted by molar-refractivity contribution is -0.119. The Morgan fingerprint density at radius 2 is 2.23 bits per heavy atom. The molecule has 0 aromatic heterocycles. The van der Waals surface area contributed by atoms with Crippen LogP contribution in [0.25, 0.3) is 0 Å². The Hall–Kier alpha value is -1.56. The number of anilines is 1. The number of fused-ring (bicyclic) bond motifs is 1. The van der Waals surface area contributed by atoms with E-state index in [9.17, 15) is 4.79 Å². The van der Waals surface area contributed by atoms with Crippen molar-refractivity contribution in [2.75, 3.05) is 18.0 Å². The maximum Gasteiger partial charge on any atom is 0.239 e. The van der Waals surface area contributed by atoms with E-state index in [0.717, 1.165) is 19.4 Å². The van der Waals surface area contributed by atoms with E-state index in [-0.39, 0.29) is 9.83 Å². The zero-order chi connectivity index (χ0) is 15.9. The van der Waals surface area contributed by atoms with Crippen LogP contribution in [0.2, 0.25) is 0 Å². The monoisotopic (exact) mass is 408 g/mol. The number of carbonyl (C=O) groups excluding carboxylic acids is 1. The van der Waals surface area contributed by atoms with Gasteiger partial charge in [-0.15, -0.1) is 0 Å². The van der Waals surface area contributed by atoms with Crippen LogP contribution in [-0.2, 0) is 11.2 Å². The Labute approximate surface area is 145 Å². The molecule has 2 rings (SSSR count). The molecule has 0 aliphatic carbocycles. The maximum atomic E-state index is 12.2. The molecule has 0 saturated heterocycles. The summed E-state index contributed by atoms with van der Waals surface area (Å²) in [4.78, 5) is 14.5. The van der Waals surface area contributed by atoms with Crippen molar-refractivity contribution in [3.05, 3.63) is 66.9 Å². The molecule has 0 unspecified atom stereocenters. The van der Waals surface area contributed by atoms with Gasteiger partial charge >= 0.3 is 0 Å². The highest BCUT2D eigenvalue weighted by atomic mass is 127. The number of carbonyl (C=O) groups is 1. The molecule has 0 spiro atoms. The first-order valence-electron chi connectivity index (χ1n) is 7.37. The van der Waals surface area contributed by atoms with Crippen LogP contribution in [0.1, 0.15) is 12.0 Å². The number of benzene rings is 1. The Bertz CT molecular complexity index is 595. The quantitative estimate of drug-likeness (QED) is 0.443. The standard InChI is InChI=1S/C18H21IN2O/c1-3-4-8-14(2)20-18(22)16(19)13-21-12-7-10-15-9-5-6-11-17(15)21/h3-6,8-9,11,16H,1-2,7,10,12-13H2,(H,20,22)/b8-4-/t16-/m1/s1. The van der Waals surface area contributed by atoms with Gasteiger partial charge in [-0.3, -0.25) is 4.79 Å². The van der Waals surface area contributed by atoms with Crippen LogP contribution in [0.4, 0.5) is 5.69 Å². The molecule has 116 valence electrons. The maximum absolute atomic E-state index is 12.2. The summed E-state index contributed by atoms with van der Waals surface area (Å²) >= 11 is 2.20. The minimum Gasteiger partial charge on any atom is -0.370 e. The summed E-state index contributed by atoms with van der Waals surface area (Å²) in [6.45, 7) is 9.12. The van der Waals surface area contributed by atoms with Crippen molar-refractivity contribution < 1.29 is 4.79 Å². The number of halogens is 1. The summed E-state index contributed by atoms with van der Waals surface area (Å²) in [6, 6.07) is 8.45. The molecule has 1 aromatic rings. The predicted octanol–water partition coefficient (Wildman–Crippen LogP) is 3.61. The third-order valence-electron chi connectivity index (χ3n) is 3.59. The van der Waals surface area contributed by atoms with Crippen molar-refractivity contribution >= 4 is 34.2 Å². The van der Waals surface area contributed by atoms with Crippen molar-refractivity contribution in [1.82, 2.24) is 5.32 Å². The number of hydrogen-bond donors (Lipinski definition) is 1. The lowest BCUT2D eigenvalue weighted by Crippen LogP contribution is -2.41. The van der Waals surface area contributed by atoms with E-state index >= 15 is 0 Å². The average molecular weight is 408 g/mol. The third-order valence-corrected chi connectivity index (χ3v) is 4.55. The van der Waals surface area contributed by atoms with Crippen molar-refractivity contribution in [1.29, 1.82) is 0 Å². The number of alkyl halides is 1. The smallest absolute Gasteiger partial charge is 0.239 e. The molecule has 22 heavy (non-hydrogen) atoms. The van der Waals surface area contributed by atoms with Gasteiger partial charge in [-0.25, -0.2) is 0 Å². The van der Waals surface area contributed by atoms with Crippen LogP contribution in [-0.4, -0.2) is 22.9 Å². The highest BCUT2D eigenvalue weighted by Crippen LogP contribution is 2.27. The fraction of sp³-hybridized carbons (Fsp3) is 0.278. The van der Waals surface area contributed by atoms with Crippen LogP contribution < -0.4 is 10.2 Å². The molecule has 1 aliphatic heterocycles. The molecule has 0 fully saturated rings. The van der Waals surface area contributed by atoms with E-state index in [4.69, 9.17) is 0 Å². The number of hydrogen-bond acceptors (Lipinski definition) is 2. The zero-order valence-corrected chi connectivity index (χ0v) is 14.8. The summed E-state index contributed by atoms with van der Waals surface area (Å²) in [5.41, 5.74) is 3.22. The normalized spacial score (nSPS) is 15.2. The Morgan fingerprint density at radius 1 is 1.45 bits per heavy atom. The Kier molecular flexibility index (Phi) is 6.24. The molecule has 4 heteroatoms. The van der Waals surface area contributed by atoms with Gasteiger partial charge in [-0.05, 0) is 30.5 Å². The topological polar surface area (TPSA) is 32.3 Å². The van der Waals surface area contributed by atoms with Crippen molar-refractivity contribution in [2.45, 2.75) is 16.8 Å². The molecule has 1 N–H and O–H groups in total. The van der Waals surface area contributed by atoms with Crippen molar-refractivity contribution in [2.24, 2.45) is 0 Å². The van der Waals surface area contributed by atoms with Gasteiger partial charge in [0.05, 0.1) is 0 Å². The first-order valence-corrected chi connectivity index (χ1v) is 8.62. The molecule has 1 amide bonds. The number of nitrogens with zero attached hydrogens (tertiary/aromatic N) is 1. The van der Waals surface area contributed by atoms with Crippen LogP contribution >= 0.6 is 22.6 Å². The fourth-order valence-electron chi connectivity index (χ4n) is 2.54. The first-order chi connectivity index (χ1) is 10.6. The number of rotatable bonds is 6. The van der Waals surface area contributed by atoms with Crippen molar-refractivity contribution in [3.8, 4) is 0 Å². The Balaban J connectivity index is 1.96. The molecule has 0 saturated carbocycles. The molecule has 1 atom stereocenters. The van der Waals surface area contributed by atoms with Gasteiger partial charge in [0.25, 0.3) is 0 Å². The van der Waals surface area contributed by atoms with Crippen LogP contribution in [0.3, 0.4) is 0 Å². The molecular formula is C18H21IN2O. The van der Waals surface area contributed by atoms with Crippen LogP contribution in [0, 0.1) is 0 Å². The highest BCUT2D eigenvalue weighted by Gasteiger charge is 2.22. The number of amides is 1. The lowest BCUT2D eigenvalue weighted by Gasteiger charge is -2.32. The minimum atomic E-state index is -0.127. The van der Waals surface area contributed by atoms with Gasteiger partial charge < -0.3 is 10.2 Å². The second kappa shape index (κ2) is 8.17. The molecule has 1 heterocycles. The Morgan fingerprint density at radius 3 is 3.00 bits per heavy atom. The SMILES string of the molecule is C=C/C=C\C(=C)NC(=O)[C@H](I)CN1CCCc2ccccc21. The average Bonchev–Trinajstić information content (AvgIpc) is 2.53. The zero-order valence-electron chi connectivity index (χ0n) is 12.6. The molecule has 1 aliphatic rings.